The maximum absolute atomic E-state index is 10.9. The van der Waals surface area contributed by atoms with Crippen LogP contribution >= 0.6 is 11.6 Å². The second kappa shape index (κ2) is 4.83. The Balaban J connectivity index is 2.92. The van der Waals surface area contributed by atoms with Crippen molar-refractivity contribution in [2.45, 2.75) is 13.3 Å². The summed E-state index contributed by atoms with van der Waals surface area (Å²) in [7, 11) is 0. The summed E-state index contributed by atoms with van der Waals surface area (Å²) in [6.07, 6.45) is 2.48. The first-order valence-corrected chi connectivity index (χ1v) is 4.57. The van der Waals surface area contributed by atoms with Crippen LogP contribution in [0.25, 0.3) is 6.08 Å². The van der Waals surface area contributed by atoms with Gasteiger partial charge in [0.05, 0.1) is 0 Å². The Morgan fingerprint density at radius 1 is 1.38 bits per heavy atom. The van der Waals surface area contributed by atoms with Crippen molar-refractivity contribution < 1.29 is 4.79 Å². The van der Waals surface area contributed by atoms with Gasteiger partial charge in [0.2, 0.25) is 5.24 Å². The van der Waals surface area contributed by atoms with Crippen molar-refractivity contribution in [1.82, 2.24) is 0 Å². The minimum Gasteiger partial charge on any atom is -0.276 e. The van der Waals surface area contributed by atoms with Crippen LogP contribution in [0.5, 0.6) is 0 Å². The van der Waals surface area contributed by atoms with Gasteiger partial charge in [-0.3, -0.25) is 4.79 Å². The predicted octanol–water partition coefficient (Wildman–Crippen LogP) is 3.25. The fourth-order valence-corrected chi connectivity index (χ4v) is 1.24. The lowest BCUT2D eigenvalue weighted by Gasteiger charge is -1.97. The highest BCUT2D eigenvalue weighted by molar-refractivity contribution is 6.68. The summed E-state index contributed by atoms with van der Waals surface area (Å²) in [5.41, 5.74) is 1.65. The number of rotatable bonds is 3. The molecule has 1 nitrogen and oxygen atoms in total. The normalized spacial score (nSPS) is 11.4. The molecule has 2 heteroatoms. The van der Waals surface area contributed by atoms with Gasteiger partial charge in [0.1, 0.15) is 0 Å². The molecule has 0 unspecified atom stereocenters. The molecule has 0 aliphatic rings. The number of hydrogen-bond acceptors (Lipinski definition) is 1. The van der Waals surface area contributed by atoms with E-state index in [0.717, 1.165) is 5.56 Å². The maximum Gasteiger partial charge on any atom is 0.248 e. The molecule has 68 valence electrons. The highest BCUT2D eigenvalue weighted by Gasteiger charge is 2.02. The molecule has 0 bridgehead atoms. The van der Waals surface area contributed by atoms with Crippen molar-refractivity contribution in [2.24, 2.45) is 0 Å². The third-order valence-electron chi connectivity index (χ3n) is 1.77. The largest absolute Gasteiger partial charge is 0.276 e. The topological polar surface area (TPSA) is 17.1 Å². The number of halogens is 1. The molecule has 0 aliphatic carbocycles. The lowest BCUT2D eigenvalue weighted by atomic mass is 10.1. The van der Waals surface area contributed by atoms with Gasteiger partial charge in [0.15, 0.2) is 0 Å². The first kappa shape index (κ1) is 10.0. The molecule has 0 atom stereocenters. The van der Waals surface area contributed by atoms with Gasteiger partial charge in [-0.25, -0.2) is 0 Å². The van der Waals surface area contributed by atoms with E-state index in [9.17, 15) is 4.79 Å². The average Bonchev–Trinajstić information content (AvgIpc) is 2.15. The van der Waals surface area contributed by atoms with E-state index in [2.05, 4.69) is 0 Å². The zero-order chi connectivity index (χ0) is 9.68. The number of carbonyl (C=O) groups is 1. The van der Waals surface area contributed by atoms with Gasteiger partial charge in [0.25, 0.3) is 0 Å². The van der Waals surface area contributed by atoms with Gasteiger partial charge in [-0.2, -0.15) is 0 Å². The van der Waals surface area contributed by atoms with Crippen LogP contribution in [-0.4, -0.2) is 5.24 Å². The van der Waals surface area contributed by atoms with Crippen LogP contribution in [0.1, 0.15) is 18.9 Å². The number of allylic oxidation sites excluding steroid dienone is 1. The lowest BCUT2D eigenvalue weighted by molar-refractivity contribution is -0.108. The van der Waals surface area contributed by atoms with E-state index in [1.54, 1.807) is 0 Å². The fourth-order valence-electron chi connectivity index (χ4n) is 1.05. The summed E-state index contributed by atoms with van der Waals surface area (Å²) in [6, 6.07) is 9.67. The van der Waals surface area contributed by atoms with E-state index in [1.165, 1.54) is 0 Å². The fraction of sp³-hybridized carbons (Fsp3) is 0.182. The minimum absolute atomic E-state index is 0.369. The second-order valence-corrected chi connectivity index (χ2v) is 3.05. The third kappa shape index (κ3) is 3.03. The molecular weight excluding hydrogens is 184 g/mol. The summed E-state index contributed by atoms with van der Waals surface area (Å²) in [5.74, 6) is 0. The third-order valence-corrected chi connectivity index (χ3v) is 2.02. The molecule has 0 aliphatic heterocycles. The van der Waals surface area contributed by atoms with Crippen LogP contribution in [-0.2, 0) is 4.79 Å². The van der Waals surface area contributed by atoms with Gasteiger partial charge in [-0.1, -0.05) is 37.3 Å². The van der Waals surface area contributed by atoms with Gasteiger partial charge in [-0.15, -0.1) is 0 Å². The van der Waals surface area contributed by atoms with Gasteiger partial charge in [0, 0.05) is 5.57 Å². The molecule has 1 rings (SSSR count). The van der Waals surface area contributed by atoms with Crippen LogP contribution in [0.4, 0.5) is 0 Å². The zero-order valence-electron chi connectivity index (χ0n) is 7.46. The smallest absolute Gasteiger partial charge is 0.248 e. The van der Waals surface area contributed by atoms with E-state index in [1.807, 2.05) is 43.3 Å². The molecule has 0 heterocycles. The zero-order valence-corrected chi connectivity index (χ0v) is 8.21. The summed E-state index contributed by atoms with van der Waals surface area (Å²) < 4.78 is 0. The standard InChI is InChI=1S/C11H11ClO/c1-2-10(11(12)13)8-9-6-4-3-5-7-9/h3-8H,2H2,1H3/b10-8+. The Kier molecular flexibility index (Phi) is 3.71. The van der Waals surface area contributed by atoms with Crippen molar-refractivity contribution in [1.29, 1.82) is 0 Å². The molecule has 1 aromatic carbocycles. The van der Waals surface area contributed by atoms with Crippen LogP contribution in [0.15, 0.2) is 35.9 Å². The van der Waals surface area contributed by atoms with Crippen LogP contribution in [0, 0.1) is 0 Å². The molecule has 0 fully saturated rings. The van der Waals surface area contributed by atoms with Crippen molar-refractivity contribution in [3.8, 4) is 0 Å². The molecule has 0 spiro atoms. The molecule has 0 radical (unpaired) electrons. The average molecular weight is 195 g/mol. The Labute approximate surface area is 83.0 Å². The maximum atomic E-state index is 10.9. The molecule has 0 N–H and O–H groups in total. The van der Waals surface area contributed by atoms with Crippen LogP contribution in [0.2, 0.25) is 0 Å². The number of benzene rings is 1. The second-order valence-electron chi connectivity index (χ2n) is 2.71. The van der Waals surface area contributed by atoms with E-state index in [-0.39, 0.29) is 5.24 Å². The Morgan fingerprint density at radius 3 is 2.46 bits per heavy atom. The van der Waals surface area contributed by atoms with Crippen molar-refractivity contribution in [3.63, 3.8) is 0 Å². The number of hydrogen-bond donors (Lipinski definition) is 0. The summed E-state index contributed by atoms with van der Waals surface area (Å²) in [5, 5.41) is -0.369. The quantitative estimate of drug-likeness (QED) is 0.533. The molecular formula is C11H11ClO. The van der Waals surface area contributed by atoms with Crippen LogP contribution in [0.3, 0.4) is 0 Å². The molecule has 0 aromatic heterocycles. The number of carbonyl (C=O) groups excluding carboxylic acids is 1. The highest BCUT2D eigenvalue weighted by Crippen LogP contribution is 2.11. The van der Waals surface area contributed by atoms with E-state index in [4.69, 9.17) is 11.6 Å². The first-order chi connectivity index (χ1) is 6.24. The monoisotopic (exact) mass is 194 g/mol. The molecule has 13 heavy (non-hydrogen) atoms. The van der Waals surface area contributed by atoms with Gasteiger partial charge < -0.3 is 0 Å². The lowest BCUT2D eigenvalue weighted by Crippen LogP contribution is -1.90. The molecule has 0 saturated carbocycles. The van der Waals surface area contributed by atoms with Gasteiger partial charge >= 0.3 is 0 Å². The van der Waals surface area contributed by atoms with Gasteiger partial charge in [-0.05, 0) is 29.7 Å². The van der Waals surface area contributed by atoms with Crippen molar-refractivity contribution in [3.05, 3.63) is 41.5 Å². The SMILES string of the molecule is CC/C(=C\c1ccccc1)C(=O)Cl. The summed E-state index contributed by atoms with van der Waals surface area (Å²) in [4.78, 5) is 10.9. The van der Waals surface area contributed by atoms with E-state index < -0.39 is 0 Å². The molecule has 0 amide bonds. The minimum atomic E-state index is -0.369. The van der Waals surface area contributed by atoms with Crippen molar-refractivity contribution in [2.75, 3.05) is 0 Å². The first-order valence-electron chi connectivity index (χ1n) is 4.19. The Morgan fingerprint density at radius 2 is 2.00 bits per heavy atom. The van der Waals surface area contributed by atoms with Crippen LogP contribution < -0.4 is 0 Å². The van der Waals surface area contributed by atoms with E-state index >= 15 is 0 Å². The Hall–Kier alpha value is -1.08. The highest BCUT2D eigenvalue weighted by atomic mass is 35.5. The molecule has 1 aromatic rings. The van der Waals surface area contributed by atoms with Crippen molar-refractivity contribution >= 4 is 22.9 Å². The van der Waals surface area contributed by atoms with E-state index in [0.29, 0.717) is 12.0 Å². The Bertz CT molecular complexity index is 314. The summed E-state index contributed by atoms with van der Waals surface area (Å²) >= 11 is 5.39. The summed E-state index contributed by atoms with van der Waals surface area (Å²) in [6.45, 7) is 1.91. The predicted molar refractivity (Wildman–Crippen MR) is 55.6 cm³/mol. The molecule has 0 saturated heterocycles.